The van der Waals surface area contributed by atoms with Crippen molar-refractivity contribution in [2.45, 2.75) is 39.7 Å². The Morgan fingerprint density at radius 1 is 1.06 bits per heavy atom. The number of amides is 1. The van der Waals surface area contributed by atoms with Gasteiger partial charge in [-0.15, -0.1) is 0 Å². The van der Waals surface area contributed by atoms with Gasteiger partial charge in [-0.05, 0) is 62.6 Å². The van der Waals surface area contributed by atoms with Crippen molar-refractivity contribution in [3.05, 3.63) is 89.5 Å². The number of hydrogen-bond acceptors (Lipinski definition) is 4. The summed E-state index contributed by atoms with van der Waals surface area (Å²) in [6.07, 6.45) is 5.84. The molecule has 0 saturated heterocycles. The lowest BCUT2D eigenvalue weighted by Gasteiger charge is -2.12. The second-order valence-electron chi connectivity index (χ2n) is 8.24. The highest BCUT2D eigenvalue weighted by Gasteiger charge is 2.11. The van der Waals surface area contributed by atoms with Crippen molar-refractivity contribution >= 4 is 16.9 Å². The Bertz CT molecular complexity index is 1220. The van der Waals surface area contributed by atoms with Crippen molar-refractivity contribution in [3.8, 4) is 5.75 Å². The van der Waals surface area contributed by atoms with E-state index < -0.39 is 0 Å². The lowest BCUT2D eigenvalue weighted by Crippen LogP contribution is -2.26. The monoisotopic (exact) mass is 442 g/mol. The lowest BCUT2D eigenvalue weighted by molar-refractivity contribution is 0.0953. The van der Waals surface area contributed by atoms with Crippen molar-refractivity contribution in [3.63, 3.8) is 0 Å². The number of pyridine rings is 1. The van der Waals surface area contributed by atoms with Crippen LogP contribution < -0.4 is 10.1 Å². The number of nitrogens with one attached hydrogen (secondary N) is 1. The van der Waals surface area contributed by atoms with Crippen molar-refractivity contribution in [2.24, 2.45) is 0 Å². The van der Waals surface area contributed by atoms with Gasteiger partial charge in [-0.1, -0.05) is 29.8 Å². The van der Waals surface area contributed by atoms with E-state index >= 15 is 0 Å². The van der Waals surface area contributed by atoms with Crippen LogP contribution >= 0.6 is 0 Å². The summed E-state index contributed by atoms with van der Waals surface area (Å²) in [5.41, 5.74) is 5.09. The summed E-state index contributed by atoms with van der Waals surface area (Å²) in [7, 11) is 0. The number of hydrogen-bond donors (Lipinski definition) is 1. The van der Waals surface area contributed by atoms with E-state index in [9.17, 15) is 4.79 Å². The number of carbonyl (C=O) groups excluding carboxylic acids is 1. The van der Waals surface area contributed by atoms with Gasteiger partial charge in [-0.25, -0.2) is 4.98 Å². The van der Waals surface area contributed by atoms with Crippen LogP contribution in [-0.4, -0.2) is 33.6 Å². The van der Waals surface area contributed by atoms with Gasteiger partial charge in [0, 0.05) is 31.9 Å². The van der Waals surface area contributed by atoms with E-state index in [4.69, 9.17) is 9.72 Å². The average Bonchev–Trinajstić information content (AvgIpc) is 3.18. The van der Waals surface area contributed by atoms with Gasteiger partial charge in [-0.3, -0.25) is 9.78 Å². The fraction of sp³-hybridized carbons (Fsp3) is 0.296. The van der Waals surface area contributed by atoms with Gasteiger partial charge in [-0.2, -0.15) is 0 Å². The van der Waals surface area contributed by atoms with E-state index in [2.05, 4.69) is 46.9 Å². The van der Waals surface area contributed by atoms with Gasteiger partial charge in [0.2, 0.25) is 0 Å². The molecule has 4 rings (SSSR count). The van der Waals surface area contributed by atoms with Crippen LogP contribution in [0.2, 0.25) is 0 Å². The predicted molar refractivity (Wildman–Crippen MR) is 131 cm³/mol. The van der Waals surface area contributed by atoms with E-state index in [0.29, 0.717) is 25.1 Å². The Kier molecular flexibility index (Phi) is 7.35. The van der Waals surface area contributed by atoms with E-state index in [-0.39, 0.29) is 5.91 Å². The predicted octanol–water partition coefficient (Wildman–Crippen LogP) is 4.88. The van der Waals surface area contributed by atoms with Gasteiger partial charge in [0.15, 0.2) is 0 Å². The molecule has 0 bridgehead atoms. The largest absolute Gasteiger partial charge is 0.493 e. The summed E-state index contributed by atoms with van der Waals surface area (Å²) >= 11 is 0. The van der Waals surface area contributed by atoms with E-state index in [1.54, 1.807) is 24.5 Å². The first kappa shape index (κ1) is 22.5. The molecule has 0 radical (unpaired) electrons. The molecule has 2 heterocycles. The van der Waals surface area contributed by atoms with Gasteiger partial charge >= 0.3 is 0 Å². The van der Waals surface area contributed by atoms with Crippen molar-refractivity contribution in [1.29, 1.82) is 0 Å². The first-order valence-corrected chi connectivity index (χ1v) is 11.4. The highest BCUT2D eigenvalue weighted by atomic mass is 16.5. The lowest BCUT2D eigenvalue weighted by atomic mass is 10.1. The van der Waals surface area contributed by atoms with Crippen molar-refractivity contribution in [2.75, 3.05) is 13.2 Å². The molecule has 0 aliphatic rings. The van der Waals surface area contributed by atoms with Gasteiger partial charge < -0.3 is 14.6 Å². The average molecular weight is 443 g/mol. The van der Waals surface area contributed by atoms with Crippen LogP contribution in [0.3, 0.4) is 0 Å². The molecule has 0 saturated carbocycles. The number of aryl methyl sites for hydroxylation is 3. The minimum atomic E-state index is -0.116. The molecule has 0 aliphatic carbocycles. The fourth-order valence-corrected chi connectivity index (χ4v) is 3.97. The number of nitrogens with zero attached hydrogens (tertiary/aromatic N) is 3. The normalized spacial score (nSPS) is 11.0. The minimum absolute atomic E-state index is 0.116. The van der Waals surface area contributed by atoms with E-state index in [0.717, 1.165) is 42.0 Å². The number of ether oxygens (including phenoxy) is 1. The molecule has 0 spiro atoms. The Labute approximate surface area is 194 Å². The van der Waals surface area contributed by atoms with Crippen molar-refractivity contribution < 1.29 is 9.53 Å². The fourth-order valence-electron chi connectivity index (χ4n) is 3.97. The van der Waals surface area contributed by atoms with Crippen LogP contribution in [-0.2, 0) is 13.0 Å². The molecule has 33 heavy (non-hydrogen) atoms. The number of aromatic nitrogens is 3. The number of fused-ring (bicyclic) bond motifs is 1. The highest BCUT2D eigenvalue weighted by molar-refractivity contribution is 5.93. The minimum Gasteiger partial charge on any atom is -0.493 e. The Balaban J connectivity index is 1.33. The summed E-state index contributed by atoms with van der Waals surface area (Å²) in [5.74, 6) is 1.83. The third-order valence-electron chi connectivity index (χ3n) is 5.66. The molecule has 0 atom stereocenters. The smallest absolute Gasteiger partial charge is 0.252 e. The quantitative estimate of drug-likeness (QED) is 0.356. The molecule has 4 aromatic rings. The zero-order valence-corrected chi connectivity index (χ0v) is 19.3. The summed E-state index contributed by atoms with van der Waals surface area (Å²) < 4.78 is 8.25. The van der Waals surface area contributed by atoms with Gasteiger partial charge in [0.05, 0.1) is 23.2 Å². The SMILES string of the molecule is Cc1ccc(OCCCCn2c(CCNC(=O)c3cccnc3)nc3ccccc32)c(C)c1. The molecule has 6 nitrogen and oxygen atoms in total. The molecule has 0 unspecified atom stereocenters. The molecule has 170 valence electrons. The summed E-state index contributed by atoms with van der Waals surface area (Å²) in [6.45, 7) is 6.25. The van der Waals surface area contributed by atoms with Crippen LogP contribution in [0, 0.1) is 13.8 Å². The standard InChI is InChI=1S/C27H30N4O2/c1-20-11-12-25(21(2)18-20)33-17-6-5-16-31-24-10-4-3-9-23(24)30-26(31)13-15-29-27(32)22-8-7-14-28-19-22/h3-4,7-12,14,18-19H,5-6,13,15-17H2,1-2H3,(H,29,32). The maximum atomic E-state index is 12.3. The molecule has 1 N–H and O–H groups in total. The summed E-state index contributed by atoms with van der Waals surface area (Å²) in [4.78, 5) is 21.1. The molecular weight excluding hydrogens is 412 g/mol. The third-order valence-corrected chi connectivity index (χ3v) is 5.66. The van der Waals surface area contributed by atoms with Crippen LogP contribution in [0.5, 0.6) is 5.75 Å². The highest BCUT2D eigenvalue weighted by Crippen LogP contribution is 2.20. The second-order valence-corrected chi connectivity index (χ2v) is 8.24. The number of imidazole rings is 1. The Morgan fingerprint density at radius 3 is 2.76 bits per heavy atom. The molecule has 2 aromatic carbocycles. The maximum absolute atomic E-state index is 12.3. The van der Waals surface area contributed by atoms with Gasteiger partial charge in [0.25, 0.3) is 5.91 Å². The maximum Gasteiger partial charge on any atom is 0.252 e. The van der Waals surface area contributed by atoms with Crippen LogP contribution in [0.4, 0.5) is 0 Å². The topological polar surface area (TPSA) is 69.0 Å². The zero-order chi connectivity index (χ0) is 23.0. The Morgan fingerprint density at radius 2 is 1.94 bits per heavy atom. The molecule has 2 aromatic heterocycles. The van der Waals surface area contributed by atoms with E-state index in [1.165, 1.54) is 11.1 Å². The number of carbonyl (C=O) groups is 1. The number of benzene rings is 2. The zero-order valence-electron chi connectivity index (χ0n) is 19.3. The van der Waals surface area contributed by atoms with Crippen LogP contribution in [0.1, 0.15) is 40.2 Å². The second kappa shape index (κ2) is 10.8. The van der Waals surface area contributed by atoms with Crippen LogP contribution in [0.25, 0.3) is 11.0 Å². The number of para-hydroxylation sites is 2. The third kappa shape index (κ3) is 5.77. The molecule has 6 heteroatoms. The molecular formula is C27H30N4O2. The number of rotatable bonds is 10. The Hall–Kier alpha value is -3.67. The van der Waals surface area contributed by atoms with Gasteiger partial charge in [0.1, 0.15) is 11.6 Å². The first-order chi connectivity index (χ1) is 16.1. The number of unbranched alkanes of at least 4 members (excludes halogenated alkanes) is 1. The molecule has 0 fully saturated rings. The van der Waals surface area contributed by atoms with Crippen LogP contribution in [0.15, 0.2) is 67.0 Å². The molecule has 1 amide bonds. The summed E-state index contributed by atoms with van der Waals surface area (Å²) in [5, 5.41) is 2.97. The summed E-state index contributed by atoms with van der Waals surface area (Å²) in [6, 6.07) is 18.0. The first-order valence-electron chi connectivity index (χ1n) is 11.4. The molecule has 0 aliphatic heterocycles. The van der Waals surface area contributed by atoms with Crippen molar-refractivity contribution in [1.82, 2.24) is 19.9 Å². The van der Waals surface area contributed by atoms with E-state index in [1.807, 2.05) is 24.3 Å².